The Hall–Kier alpha value is -1.26. The van der Waals surface area contributed by atoms with Gasteiger partial charge in [0.1, 0.15) is 11.4 Å². The van der Waals surface area contributed by atoms with E-state index in [-0.39, 0.29) is 5.97 Å². The molecule has 1 N–H and O–H groups in total. The van der Waals surface area contributed by atoms with Crippen molar-refractivity contribution in [1.29, 1.82) is 0 Å². The molecule has 20 heavy (non-hydrogen) atoms. The number of rotatable bonds is 6. The summed E-state index contributed by atoms with van der Waals surface area (Å²) in [6.45, 7) is 6.64. The summed E-state index contributed by atoms with van der Waals surface area (Å²) < 4.78 is 10.5. The predicted octanol–water partition coefficient (Wildman–Crippen LogP) is 3.17. The summed E-state index contributed by atoms with van der Waals surface area (Å²) in [5.74, 6) is 0.526. The summed E-state index contributed by atoms with van der Waals surface area (Å²) >= 11 is 6.13. The van der Waals surface area contributed by atoms with Crippen molar-refractivity contribution >= 4 is 17.6 Å². The maximum Gasteiger partial charge on any atom is 0.307 e. The third-order valence-electron chi connectivity index (χ3n) is 2.52. The van der Waals surface area contributed by atoms with Gasteiger partial charge in [0.15, 0.2) is 0 Å². The van der Waals surface area contributed by atoms with Crippen molar-refractivity contribution in [2.75, 3.05) is 13.7 Å². The highest BCUT2D eigenvalue weighted by Crippen LogP contribution is 2.25. The number of ether oxygens (including phenoxy) is 2. The van der Waals surface area contributed by atoms with Gasteiger partial charge in [0.05, 0.1) is 13.5 Å². The van der Waals surface area contributed by atoms with E-state index < -0.39 is 5.60 Å². The molecule has 0 heterocycles. The molecular weight excluding hydrogens is 278 g/mol. The maximum absolute atomic E-state index is 11.5. The molecule has 4 nitrogen and oxygen atoms in total. The minimum atomic E-state index is -0.441. The van der Waals surface area contributed by atoms with Gasteiger partial charge in [-0.2, -0.15) is 0 Å². The molecule has 112 valence electrons. The molecule has 0 amide bonds. The fourth-order valence-corrected chi connectivity index (χ4v) is 1.93. The second-order valence-corrected chi connectivity index (χ2v) is 5.84. The van der Waals surface area contributed by atoms with Gasteiger partial charge >= 0.3 is 5.97 Å². The molecule has 0 fully saturated rings. The molecule has 1 aromatic rings. The second kappa shape index (κ2) is 7.50. The summed E-state index contributed by atoms with van der Waals surface area (Å²) in [5, 5.41) is 3.82. The molecule has 0 saturated heterocycles. The standard InChI is InChI=1S/C15H22ClNO3/c1-15(2,3)20-14(18)8-9-17-10-11-12(16)6-5-7-13(11)19-4/h5-7,17H,8-10H2,1-4H3. The average molecular weight is 300 g/mol. The van der Waals surface area contributed by atoms with Crippen molar-refractivity contribution < 1.29 is 14.3 Å². The topological polar surface area (TPSA) is 47.6 Å². The Morgan fingerprint density at radius 1 is 1.35 bits per heavy atom. The number of benzene rings is 1. The maximum atomic E-state index is 11.5. The van der Waals surface area contributed by atoms with Crippen LogP contribution in [-0.2, 0) is 16.1 Å². The van der Waals surface area contributed by atoms with E-state index in [1.807, 2.05) is 39.0 Å². The van der Waals surface area contributed by atoms with Crippen LogP contribution in [0.3, 0.4) is 0 Å². The minimum Gasteiger partial charge on any atom is -0.496 e. The normalized spacial score (nSPS) is 11.2. The molecule has 0 aromatic heterocycles. The number of carbonyl (C=O) groups excluding carboxylic acids is 1. The van der Waals surface area contributed by atoms with Crippen LogP contribution in [0.4, 0.5) is 0 Å². The molecule has 0 saturated carbocycles. The van der Waals surface area contributed by atoms with E-state index in [0.717, 1.165) is 11.3 Å². The largest absolute Gasteiger partial charge is 0.496 e. The zero-order valence-electron chi connectivity index (χ0n) is 12.5. The van der Waals surface area contributed by atoms with Crippen LogP contribution in [0.15, 0.2) is 18.2 Å². The van der Waals surface area contributed by atoms with E-state index in [1.54, 1.807) is 7.11 Å². The molecular formula is C15H22ClNO3. The highest BCUT2D eigenvalue weighted by Gasteiger charge is 2.15. The van der Waals surface area contributed by atoms with E-state index in [1.165, 1.54) is 0 Å². The number of esters is 1. The monoisotopic (exact) mass is 299 g/mol. The first-order valence-electron chi connectivity index (χ1n) is 6.57. The molecule has 1 rings (SSSR count). The zero-order chi connectivity index (χ0) is 15.2. The number of methoxy groups -OCH3 is 1. The third kappa shape index (κ3) is 5.80. The van der Waals surface area contributed by atoms with Gasteiger partial charge in [0.2, 0.25) is 0 Å². The second-order valence-electron chi connectivity index (χ2n) is 5.43. The first kappa shape index (κ1) is 16.8. The molecule has 0 aliphatic heterocycles. The molecule has 0 unspecified atom stereocenters. The van der Waals surface area contributed by atoms with Crippen molar-refractivity contribution in [2.45, 2.75) is 39.3 Å². The van der Waals surface area contributed by atoms with Gasteiger partial charge in [-0.15, -0.1) is 0 Å². The molecule has 0 atom stereocenters. The van der Waals surface area contributed by atoms with Gasteiger partial charge in [-0.3, -0.25) is 4.79 Å². The summed E-state index contributed by atoms with van der Waals surface area (Å²) in [6, 6.07) is 5.51. The molecule has 5 heteroatoms. The zero-order valence-corrected chi connectivity index (χ0v) is 13.2. The Labute approximate surface area is 125 Å². The van der Waals surface area contributed by atoms with Crippen LogP contribution in [0, 0.1) is 0 Å². The summed E-state index contributed by atoms with van der Waals surface area (Å²) in [6.07, 6.45) is 0.323. The predicted molar refractivity (Wildman–Crippen MR) is 80.2 cm³/mol. The van der Waals surface area contributed by atoms with Gasteiger partial charge in [0.25, 0.3) is 0 Å². The molecule has 0 aliphatic carbocycles. The van der Waals surface area contributed by atoms with Crippen LogP contribution in [-0.4, -0.2) is 25.2 Å². The van der Waals surface area contributed by atoms with Gasteiger partial charge in [-0.05, 0) is 32.9 Å². The minimum absolute atomic E-state index is 0.212. The lowest BCUT2D eigenvalue weighted by Gasteiger charge is -2.19. The fourth-order valence-electron chi connectivity index (χ4n) is 1.70. The summed E-state index contributed by atoms with van der Waals surface area (Å²) in [4.78, 5) is 11.5. The van der Waals surface area contributed by atoms with Crippen molar-refractivity contribution in [3.63, 3.8) is 0 Å². The lowest BCUT2D eigenvalue weighted by atomic mass is 10.2. The van der Waals surface area contributed by atoms with Crippen molar-refractivity contribution in [3.8, 4) is 5.75 Å². The van der Waals surface area contributed by atoms with E-state index in [4.69, 9.17) is 21.1 Å². The first-order chi connectivity index (χ1) is 9.33. The Morgan fingerprint density at radius 2 is 2.05 bits per heavy atom. The average Bonchev–Trinajstić information content (AvgIpc) is 2.33. The Balaban J connectivity index is 2.40. The highest BCUT2D eigenvalue weighted by molar-refractivity contribution is 6.31. The first-order valence-corrected chi connectivity index (χ1v) is 6.95. The van der Waals surface area contributed by atoms with Gasteiger partial charge in [0, 0.05) is 23.7 Å². The Bertz CT molecular complexity index is 455. The van der Waals surface area contributed by atoms with E-state index in [2.05, 4.69) is 5.32 Å². The number of hydrogen-bond donors (Lipinski definition) is 1. The Kier molecular flexibility index (Phi) is 6.30. The number of carbonyl (C=O) groups is 1. The lowest BCUT2D eigenvalue weighted by Crippen LogP contribution is -2.26. The van der Waals surface area contributed by atoms with Crippen LogP contribution in [0.5, 0.6) is 5.75 Å². The summed E-state index contributed by atoms with van der Waals surface area (Å²) in [5.41, 5.74) is 0.448. The Morgan fingerprint density at radius 3 is 2.65 bits per heavy atom. The van der Waals surface area contributed by atoms with Crippen molar-refractivity contribution in [2.24, 2.45) is 0 Å². The number of nitrogens with one attached hydrogen (secondary N) is 1. The fraction of sp³-hybridized carbons (Fsp3) is 0.533. The highest BCUT2D eigenvalue weighted by atomic mass is 35.5. The molecule has 1 aromatic carbocycles. The van der Waals surface area contributed by atoms with Crippen LogP contribution < -0.4 is 10.1 Å². The third-order valence-corrected chi connectivity index (χ3v) is 2.88. The van der Waals surface area contributed by atoms with E-state index >= 15 is 0 Å². The number of halogens is 1. The van der Waals surface area contributed by atoms with Crippen LogP contribution in [0.2, 0.25) is 5.02 Å². The smallest absolute Gasteiger partial charge is 0.307 e. The lowest BCUT2D eigenvalue weighted by molar-refractivity contribution is -0.154. The molecule has 0 radical (unpaired) electrons. The molecule has 0 bridgehead atoms. The summed E-state index contributed by atoms with van der Waals surface area (Å²) in [7, 11) is 1.61. The van der Waals surface area contributed by atoms with Gasteiger partial charge in [-0.25, -0.2) is 0 Å². The van der Waals surface area contributed by atoms with Gasteiger partial charge in [-0.1, -0.05) is 17.7 Å². The SMILES string of the molecule is COc1cccc(Cl)c1CNCCC(=O)OC(C)(C)C. The van der Waals surface area contributed by atoms with Crippen molar-refractivity contribution in [1.82, 2.24) is 5.32 Å². The van der Waals surface area contributed by atoms with Crippen molar-refractivity contribution in [3.05, 3.63) is 28.8 Å². The molecule has 0 spiro atoms. The van der Waals surface area contributed by atoms with E-state index in [0.29, 0.717) is 24.5 Å². The molecule has 0 aliphatic rings. The van der Waals surface area contributed by atoms with E-state index in [9.17, 15) is 4.79 Å². The number of hydrogen-bond acceptors (Lipinski definition) is 4. The van der Waals surface area contributed by atoms with Crippen LogP contribution >= 0.6 is 11.6 Å². The van der Waals surface area contributed by atoms with Crippen LogP contribution in [0.25, 0.3) is 0 Å². The van der Waals surface area contributed by atoms with Gasteiger partial charge < -0.3 is 14.8 Å². The quantitative estimate of drug-likeness (QED) is 0.647. The van der Waals surface area contributed by atoms with Crippen LogP contribution in [0.1, 0.15) is 32.8 Å².